The first kappa shape index (κ1) is 22.4. The number of nitrogens with zero attached hydrogens (tertiary/aromatic N) is 1. The molecule has 0 spiro atoms. The molecule has 0 heterocycles. The van der Waals surface area contributed by atoms with E-state index in [1.807, 2.05) is 12.1 Å². The molecule has 0 N–H and O–H groups in total. The molecule has 0 saturated heterocycles. The number of methoxy groups -OCH3 is 2. The van der Waals surface area contributed by atoms with Crippen LogP contribution in [0.2, 0.25) is 0 Å². The highest BCUT2D eigenvalue weighted by atomic mass is 16.5. The van der Waals surface area contributed by atoms with Crippen molar-refractivity contribution in [2.45, 2.75) is 44.9 Å². The van der Waals surface area contributed by atoms with Crippen LogP contribution in [0.1, 0.15) is 42.4 Å². The molecule has 2 aromatic carbocycles. The number of benzene rings is 2. The van der Waals surface area contributed by atoms with E-state index >= 15 is 0 Å². The summed E-state index contributed by atoms with van der Waals surface area (Å²) in [5.41, 5.74) is 3.72. The van der Waals surface area contributed by atoms with Gasteiger partial charge in [0.2, 0.25) is 0 Å². The maximum Gasteiger partial charge on any atom is 0.161 e. The van der Waals surface area contributed by atoms with Crippen molar-refractivity contribution in [3.05, 3.63) is 59.2 Å². The minimum Gasteiger partial charge on any atom is -0.493 e. The Morgan fingerprint density at radius 3 is 2.33 bits per heavy atom. The molecule has 0 fully saturated rings. The number of hydrogen-bond donors (Lipinski definition) is 0. The van der Waals surface area contributed by atoms with Gasteiger partial charge in [-0.2, -0.15) is 0 Å². The zero-order valence-corrected chi connectivity index (χ0v) is 18.7. The molecule has 1 aliphatic carbocycles. The van der Waals surface area contributed by atoms with E-state index in [0.717, 1.165) is 56.5 Å². The van der Waals surface area contributed by atoms with E-state index in [9.17, 15) is 4.79 Å². The number of ether oxygens (including phenoxy) is 2. The summed E-state index contributed by atoms with van der Waals surface area (Å²) < 4.78 is 10.8. The molecule has 0 radical (unpaired) electrons. The fourth-order valence-electron chi connectivity index (χ4n) is 4.41. The third kappa shape index (κ3) is 6.09. The van der Waals surface area contributed by atoms with Crippen molar-refractivity contribution < 1.29 is 14.3 Å². The van der Waals surface area contributed by atoms with Crippen molar-refractivity contribution in [1.82, 2.24) is 4.90 Å². The van der Waals surface area contributed by atoms with Gasteiger partial charge in [0, 0.05) is 12.3 Å². The third-order valence-corrected chi connectivity index (χ3v) is 6.23. The van der Waals surface area contributed by atoms with E-state index < -0.39 is 0 Å². The SMILES string of the molecule is COc1cc2c(cc1OC)CC(=O)C(CCCN(C)CCCc1ccccc1)CC2. The number of aryl methyl sites for hydroxylation is 2. The first-order valence-electron chi connectivity index (χ1n) is 11.1. The van der Waals surface area contributed by atoms with Crippen LogP contribution in [0.15, 0.2) is 42.5 Å². The van der Waals surface area contributed by atoms with Gasteiger partial charge in [-0.05, 0) is 87.5 Å². The molecule has 30 heavy (non-hydrogen) atoms. The molecule has 2 aromatic rings. The summed E-state index contributed by atoms with van der Waals surface area (Å²) in [7, 11) is 5.49. The van der Waals surface area contributed by atoms with Gasteiger partial charge >= 0.3 is 0 Å². The van der Waals surface area contributed by atoms with Gasteiger partial charge in [0.05, 0.1) is 14.2 Å². The second kappa shape index (κ2) is 11.2. The largest absolute Gasteiger partial charge is 0.493 e. The van der Waals surface area contributed by atoms with Crippen molar-refractivity contribution in [2.24, 2.45) is 5.92 Å². The van der Waals surface area contributed by atoms with Crippen molar-refractivity contribution >= 4 is 5.78 Å². The molecule has 1 unspecified atom stereocenters. The molecule has 0 aromatic heterocycles. The number of carbonyl (C=O) groups is 1. The van der Waals surface area contributed by atoms with E-state index in [4.69, 9.17) is 9.47 Å². The summed E-state index contributed by atoms with van der Waals surface area (Å²) in [4.78, 5) is 15.2. The smallest absolute Gasteiger partial charge is 0.161 e. The number of rotatable bonds is 10. The van der Waals surface area contributed by atoms with Gasteiger partial charge in [0.25, 0.3) is 0 Å². The first-order chi connectivity index (χ1) is 14.6. The Morgan fingerprint density at radius 2 is 1.63 bits per heavy atom. The number of ketones is 1. The Kier molecular flexibility index (Phi) is 8.32. The van der Waals surface area contributed by atoms with Gasteiger partial charge in [-0.25, -0.2) is 0 Å². The number of hydrogen-bond acceptors (Lipinski definition) is 4. The summed E-state index contributed by atoms with van der Waals surface area (Å²) in [5, 5.41) is 0. The highest BCUT2D eigenvalue weighted by Crippen LogP contribution is 2.34. The van der Waals surface area contributed by atoms with Gasteiger partial charge in [0.1, 0.15) is 5.78 Å². The van der Waals surface area contributed by atoms with Gasteiger partial charge in [-0.3, -0.25) is 4.79 Å². The van der Waals surface area contributed by atoms with Crippen molar-refractivity contribution in [3.8, 4) is 11.5 Å². The van der Waals surface area contributed by atoms with Crippen LogP contribution in [-0.2, 0) is 24.1 Å². The molecule has 1 aliphatic rings. The molecule has 3 rings (SSSR count). The molecule has 1 atom stereocenters. The average molecular weight is 410 g/mol. The third-order valence-electron chi connectivity index (χ3n) is 6.23. The predicted molar refractivity (Wildman–Crippen MR) is 122 cm³/mol. The average Bonchev–Trinajstić information content (AvgIpc) is 2.91. The van der Waals surface area contributed by atoms with Crippen LogP contribution in [0.25, 0.3) is 0 Å². The lowest BCUT2D eigenvalue weighted by molar-refractivity contribution is -0.122. The second-order valence-electron chi connectivity index (χ2n) is 8.39. The fourth-order valence-corrected chi connectivity index (χ4v) is 4.41. The minimum absolute atomic E-state index is 0.159. The Hall–Kier alpha value is -2.33. The van der Waals surface area contributed by atoms with Gasteiger partial charge < -0.3 is 14.4 Å². The molecule has 0 aliphatic heterocycles. The summed E-state index contributed by atoms with van der Waals surface area (Å²) >= 11 is 0. The van der Waals surface area contributed by atoms with Crippen LogP contribution in [0, 0.1) is 5.92 Å². The zero-order chi connectivity index (χ0) is 21.3. The molecule has 0 amide bonds. The predicted octanol–water partition coefficient (Wildman–Crippen LogP) is 4.72. The van der Waals surface area contributed by atoms with Gasteiger partial charge in [-0.15, -0.1) is 0 Å². The van der Waals surface area contributed by atoms with Crippen LogP contribution in [0.4, 0.5) is 0 Å². The molecular weight excluding hydrogens is 374 g/mol. The Balaban J connectivity index is 1.44. The molecular formula is C26H35NO3. The summed E-state index contributed by atoms with van der Waals surface area (Å²) in [5.74, 6) is 1.98. The van der Waals surface area contributed by atoms with Crippen molar-refractivity contribution in [2.75, 3.05) is 34.4 Å². The summed E-state index contributed by atoms with van der Waals surface area (Å²) in [6.45, 7) is 2.14. The van der Waals surface area contributed by atoms with Gasteiger partial charge in [-0.1, -0.05) is 30.3 Å². The standard InChI is InChI=1S/C26H35NO3/c1-27(15-7-11-20-9-5-4-6-10-20)16-8-12-21-13-14-22-18-25(29-2)26(30-3)19-23(22)17-24(21)28/h4-6,9-10,18-19,21H,7-8,11-17H2,1-3H3. The Labute approximate surface area is 181 Å². The topological polar surface area (TPSA) is 38.8 Å². The fraction of sp³-hybridized carbons (Fsp3) is 0.500. The first-order valence-corrected chi connectivity index (χ1v) is 11.1. The Bertz CT molecular complexity index is 819. The van der Waals surface area contributed by atoms with Crippen LogP contribution < -0.4 is 9.47 Å². The quantitative estimate of drug-likeness (QED) is 0.532. The minimum atomic E-state index is 0.159. The molecule has 4 nitrogen and oxygen atoms in total. The number of fused-ring (bicyclic) bond motifs is 1. The highest BCUT2D eigenvalue weighted by Gasteiger charge is 2.25. The Morgan fingerprint density at radius 1 is 0.967 bits per heavy atom. The van der Waals surface area contributed by atoms with Crippen LogP contribution in [0.5, 0.6) is 11.5 Å². The van der Waals surface area contributed by atoms with E-state index in [0.29, 0.717) is 18.0 Å². The monoisotopic (exact) mass is 409 g/mol. The number of Topliss-reactive ketones (excluding diaryl/α,β-unsaturated/α-hetero) is 1. The second-order valence-corrected chi connectivity index (χ2v) is 8.39. The van der Waals surface area contributed by atoms with Crippen molar-refractivity contribution in [1.29, 1.82) is 0 Å². The van der Waals surface area contributed by atoms with Gasteiger partial charge in [0.15, 0.2) is 11.5 Å². The lowest BCUT2D eigenvalue weighted by atomic mass is 9.93. The lowest BCUT2D eigenvalue weighted by Crippen LogP contribution is -2.23. The van der Waals surface area contributed by atoms with Crippen molar-refractivity contribution in [3.63, 3.8) is 0 Å². The highest BCUT2D eigenvalue weighted by molar-refractivity contribution is 5.84. The maximum absolute atomic E-state index is 12.9. The van der Waals surface area contributed by atoms with Crippen LogP contribution in [-0.4, -0.2) is 45.0 Å². The summed E-state index contributed by atoms with van der Waals surface area (Å²) in [6.07, 6.45) is 6.70. The van der Waals surface area contributed by atoms with E-state index in [2.05, 4.69) is 42.3 Å². The molecule has 0 saturated carbocycles. The zero-order valence-electron chi connectivity index (χ0n) is 18.7. The number of carbonyl (C=O) groups excluding carboxylic acids is 1. The molecule has 0 bridgehead atoms. The van der Waals surface area contributed by atoms with Crippen LogP contribution in [0.3, 0.4) is 0 Å². The summed E-state index contributed by atoms with van der Waals surface area (Å²) in [6, 6.07) is 14.7. The van der Waals surface area contributed by atoms with Crippen LogP contribution >= 0.6 is 0 Å². The normalized spacial score (nSPS) is 16.3. The maximum atomic E-state index is 12.9. The van der Waals surface area contributed by atoms with E-state index in [1.54, 1.807) is 14.2 Å². The lowest BCUT2D eigenvalue weighted by Gasteiger charge is -2.18. The van der Waals surface area contributed by atoms with E-state index in [-0.39, 0.29) is 5.92 Å². The molecule has 162 valence electrons. The van der Waals surface area contributed by atoms with E-state index in [1.165, 1.54) is 17.5 Å². The molecule has 4 heteroatoms.